The molecule has 0 aliphatic rings. The highest BCUT2D eigenvalue weighted by Gasteiger charge is 2.09. The van der Waals surface area contributed by atoms with Gasteiger partial charge >= 0.3 is 7.32 Å². The van der Waals surface area contributed by atoms with Crippen molar-refractivity contribution >= 4 is 18.2 Å². The maximum Gasteiger partial charge on any atom is 0.707 e. The topological polar surface area (TPSA) is 62.6 Å². The van der Waals surface area contributed by atoms with Crippen molar-refractivity contribution in [3.63, 3.8) is 0 Å². The molecule has 2 aromatic carbocycles. The number of aromatic nitrogens is 1. The van der Waals surface area contributed by atoms with Crippen LogP contribution in [-0.4, -0.2) is 22.4 Å². The maximum atomic E-state index is 8.34. The SMILES string of the molecule is OB(O)Oc1ccccc1.c1ccc2ncccc2c1. The summed E-state index contributed by atoms with van der Waals surface area (Å²) in [5, 5.41) is 17.9. The third-order valence-electron chi connectivity index (χ3n) is 2.50. The van der Waals surface area contributed by atoms with Crippen LogP contribution in [0, 0.1) is 0 Å². The monoisotopic (exact) mass is 267 g/mol. The lowest BCUT2D eigenvalue weighted by Crippen LogP contribution is -2.20. The summed E-state index contributed by atoms with van der Waals surface area (Å²) < 4.78 is 4.53. The smallest absolute Gasteiger partial charge is 0.512 e. The van der Waals surface area contributed by atoms with E-state index in [0.29, 0.717) is 5.75 Å². The van der Waals surface area contributed by atoms with E-state index >= 15 is 0 Å². The first-order valence-corrected chi connectivity index (χ1v) is 6.13. The van der Waals surface area contributed by atoms with Gasteiger partial charge in [-0.05, 0) is 24.3 Å². The first kappa shape index (κ1) is 14.1. The molecule has 0 radical (unpaired) electrons. The van der Waals surface area contributed by atoms with Crippen molar-refractivity contribution in [1.29, 1.82) is 0 Å². The molecule has 3 rings (SSSR count). The standard InChI is InChI=1S/C9H7N.C6H7BO3/c1-2-6-9-8(4-1)5-3-7-10-9;8-7(9)10-6-4-2-1-3-5-6/h1-7H;1-5,8-9H. The Kier molecular flexibility index (Phi) is 5.11. The summed E-state index contributed by atoms with van der Waals surface area (Å²) >= 11 is 0. The lowest BCUT2D eigenvalue weighted by molar-refractivity contribution is 0.288. The zero-order valence-corrected chi connectivity index (χ0v) is 10.8. The number of nitrogens with zero attached hydrogens (tertiary/aromatic N) is 1. The van der Waals surface area contributed by atoms with E-state index in [-0.39, 0.29) is 0 Å². The second-order valence-corrected chi connectivity index (χ2v) is 3.95. The fourth-order valence-electron chi connectivity index (χ4n) is 1.64. The molecule has 0 fully saturated rings. The summed E-state index contributed by atoms with van der Waals surface area (Å²) in [4.78, 5) is 4.18. The van der Waals surface area contributed by atoms with Gasteiger partial charge in [-0.1, -0.05) is 42.5 Å². The van der Waals surface area contributed by atoms with Crippen molar-refractivity contribution < 1.29 is 14.7 Å². The molecular weight excluding hydrogens is 253 g/mol. The van der Waals surface area contributed by atoms with Crippen LogP contribution < -0.4 is 4.65 Å². The van der Waals surface area contributed by atoms with Crippen molar-refractivity contribution in [3.8, 4) is 5.75 Å². The predicted octanol–water partition coefficient (Wildman–Crippen LogP) is 2.27. The number of benzene rings is 2. The molecular formula is C15H14BNO3. The molecule has 3 aromatic rings. The van der Waals surface area contributed by atoms with Crippen LogP contribution in [-0.2, 0) is 0 Å². The molecule has 1 heterocycles. The lowest BCUT2D eigenvalue weighted by Gasteiger charge is -2.01. The molecule has 1 aromatic heterocycles. The van der Waals surface area contributed by atoms with Crippen LogP contribution in [0.1, 0.15) is 0 Å². The molecule has 0 saturated carbocycles. The molecule has 0 saturated heterocycles. The highest BCUT2D eigenvalue weighted by molar-refractivity contribution is 6.33. The lowest BCUT2D eigenvalue weighted by atomic mass is 10.2. The fraction of sp³-hybridized carbons (Fsp3) is 0. The van der Waals surface area contributed by atoms with Gasteiger partial charge in [-0.2, -0.15) is 0 Å². The Morgan fingerprint density at radius 2 is 1.45 bits per heavy atom. The molecule has 0 aliphatic carbocycles. The minimum Gasteiger partial charge on any atom is -0.512 e. The van der Waals surface area contributed by atoms with Crippen molar-refractivity contribution in [2.75, 3.05) is 0 Å². The molecule has 0 unspecified atom stereocenters. The zero-order valence-electron chi connectivity index (χ0n) is 10.8. The van der Waals surface area contributed by atoms with Crippen molar-refractivity contribution in [1.82, 2.24) is 4.98 Å². The molecule has 4 nitrogen and oxygen atoms in total. The van der Waals surface area contributed by atoms with Crippen LogP contribution in [0.2, 0.25) is 0 Å². The van der Waals surface area contributed by atoms with Gasteiger partial charge in [0.25, 0.3) is 0 Å². The number of fused-ring (bicyclic) bond motifs is 1. The molecule has 2 N–H and O–H groups in total. The van der Waals surface area contributed by atoms with Gasteiger partial charge in [-0.3, -0.25) is 4.98 Å². The minimum atomic E-state index is -1.73. The summed E-state index contributed by atoms with van der Waals surface area (Å²) in [6, 6.07) is 20.7. The molecule has 0 bridgehead atoms. The predicted molar refractivity (Wildman–Crippen MR) is 79.0 cm³/mol. The number of pyridine rings is 1. The van der Waals surface area contributed by atoms with Crippen molar-refractivity contribution in [3.05, 3.63) is 72.9 Å². The number of para-hydroxylation sites is 2. The van der Waals surface area contributed by atoms with Gasteiger partial charge in [0.05, 0.1) is 5.52 Å². The summed E-state index contributed by atoms with van der Waals surface area (Å²) in [6.07, 6.45) is 1.81. The van der Waals surface area contributed by atoms with Gasteiger partial charge in [-0.25, -0.2) is 0 Å². The number of hydrogen-bond acceptors (Lipinski definition) is 4. The molecule has 0 aliphatic heterocycles. The second kappa shape index (κ2) is 7.28. The fourth-order valence-corrected chi connectivity index (χ4v) is 1.64. The normalized spacial score (nSPS) is 9.50. The summed E-state index contributed by atoms with van der Waals surface area (Å²) in [7, 11) is -1.73. The minimum absolute atomic E-state index is 0.442. The average molecular weight is 267 g/mol. The Morgan fingerprint density at radius 1 is 0.800 bits per heavy atom. The Balaban J connectivity index is 0.000000147. The van der Waals surface area contributed by atoms with Gasteiger partial charge in [0.2, 0.25) is 0 Å². The Labute approximate surface area is 117 Å². The van der Waals surface area contributed by atoms with E-state index in [1.807, 2.05) is 36.5 Å². The molecule has 0 spiro atoms. The van der Waals surface area contributed by atoms with Crippen LogP contribution in [0.5, 0.6) is 5.75 Å². The van der Waals surface area contributed by atoms with Crippen molar-refractivity contribution in [2.45, 2.75) is 0 Å². The summed E-state index contributed by atoms with van der Waals surface area (Å²) in [5.74, 6) is 0.442. The van der Waals surface area contributed by atoms with Gasteiger partial charge in [0, 0.05) is 11.6 Å². The number of rotatable bonds is 2. The quantitative estimate of drug-likeness (QED) is 0.699. The third-order valence-corrected chi connectivity index (χ3v) is 2.50. The largest absolute Gasteiger partial charge is 0.707 e. The van der Waals surface area contributed by atoms with E-state index in [9.17, 15) is 0 Å². The van der Waals surface area contributed by atoms with Crippen LogP contribution in [0.4, 0.5) is 0 Å². The van der Waals surface area contributed by atoms with E-state index in [0.717, 1.165) is 5.52 Å². The average Bonchev–Trinajstić information content (AvgIpc) is 2.48. The molecule has 0 amide bonds. The Hall–Kier alpha value is -2.37. The first-order chi connectivity index (χ1) is 9.75. The summed E-state index contributed by atoms with van der Waals surface area (Å²) in [6.45, 7) is 0. The molecule has 20 heavy (non-hydrogen) atoms. The maximum absolute atomic E-state index is 8.34. The summed E-state index contributed by atoms with van der Waals surface area (Å²) in [5.41, 5.74) is 1.06. The highest BCUT2D eigenvalue weighted by Crippen LogP contribution is 2.08. The van der Waals surface area contributed by atoms with Crippen molar-refractivity contribution in [2.24, 2.45) is 0 Å². The molecule has 5 heteroatoms. The van der Waals surface area contributed by atoms with Gasteiger partial charge < -0.3 is 14.7 Å². The number of hydrogen-bond donors (Lipinski definition) is 2. The molecule has 100 valence electrons. The Morgan fingerprint density at radius 3 is 2.15 bits per heavy atom. The van der Waals surface area contributed by atoms with E-state index in [2.05, 4.69) is 21.8 Å². The third kappa shape index (κ3) is 4.38. The van der Waals surface area contributed by atoms with Crippen LogP contribution >= 0.6 is 0 Å². The van der Waals surface area contributed by atoms with Crippen LogP contribution in [0.3, 0.4) is 0 Å². The van der Waals surface area contributed by atoms with Gasteiger partial charge in [0.1, 0.15) is 5.75 Å². The Bertz CT molecular complexity index is 581. The van der Waals surface area contributed by atoms with E-state index in [1.54, 1.807) is 24.3 Å². The van der Waals surface area contributed by atoms with Crippen LogP contribution in [0.25, 0.3) is 10.9 Å². The second-order valence-electron chi connectivity index (χ2n) is 3.95. The van der Waals surface area contributed by atoms with E-state index in [1.165, 1.54) is 5.39 Å². The van der Waals surface area contributed by atoms with E-state index in [4.69, 9.17) is 10.0 Å². The first-order valence-electron chi connectivity index (χ1n) is 6.13. The van der Waals surface area contributed by atoms with Crippen LogP contribution in [0.15, 0.2) is 72.9 Å². The highest BCUT2D eigenvalue weighted by atomic mass is 16.6. The zero-order chi connectivity index (χ0) is 14.2. The van der Waals surface area contributed by atoms with E-state index < -0.39 is 7.32 Å². The molecule has 0 atom stereocenters. The van der Waals surface area contributed by atoms with Gasteiger partial charge in [-0.15, -0.1) is 0 Å². The van der Waals surface area contributed by atoms with Gasteiger partial charge in [0.15, 0.2) is 0 Å².